The minimum Gasteiger partial charge on any atom is -0.347 e. The molecule has 0 bridgehead atoms. The molecule has 1 aliphatic heterocycles. The molecule has 2 N–H and O–H groups in total. The van der Waals surface area contributed by atoms with E-state index < -0.39 is 11.9 Å². The van der Waals surface area contributed by atoms with E-state index >= 15 is 0 Å². The third kappa shape index (κ3) is 1.94. The minimum atomic E-state index is -0.546. The smallest absolute Gasteiger partial charge is 0.268 e. The molecule has 12 heavy (non-hydrogen) atoms. The van der Waals surface area contributed by atoms with Crippen LogP contribution in [-0.2, 0) is 9.59 Å². The molecule has 0 unspecified atom stereocenters. The zero-order chi connectivity index (χ0) is 8.97. The molecule has 2 amide bonds. The first-order valence-corrected chi connectivity index (χ1v) is 3.95. The molecule has 1 aliphatic rings. The molecule has 1 atom stereocenters. The number of nitrogens with zero attached hydrogens (tertiary/aromatic N) is 1. The van der Waals surface area contributed by atoms with Crippen LogP contribution in [0.25, 0.3) is 0 Å². The van der Waals surface area contributed by atoms with Crippen molar-refractivity contribution in [1.29, 1.82) is 0 Å². The predicted octanol–water partition coefficient (Wildman–Crippen LogP) is -0.497. The van der Waals surface area contributed by atoms with Crippen LogP contribution in [0.4, 0.5) is 0 Å². The Kier molecular flexibility index (Phi) is 3.04. The summed E-state index contributed by atoms with van der Waals surface area (Å²) in [4.78, 5) is 21.3. The first kappa shape index (κ1) is 8.99. The highest BCUT2D eigenvalue weighted by molar-refractivity contribution is 5.82. The normalized spacial score (nSPS) is 24.9. The Morgan fingerprint density at radius 3 is 3.00 bits per heavy atom. The molecule has 0 aliphatic carbocycles. The number of rotatable bonds is 2. The molecule has 0 aromatic heterocycles. The molecule has 1 saturated heterocycles. The van der Waals surface area contributed by atoms with Gasteiger partial charge in [0.25, 0.3) is 5.91 Å². The van der Waals surface area contributed by atoms with E-state index in [2.05, 4.69) is 5.32 Å². The number of hydroxylamine groups is 2. The summed E-state index contributed by atoms with van der Waals surface area (Å²) in [5.74, 6) is -0.417. The standard InChI is InChI=1S/C7H12N2O3/c10-5-8-6-3-1-2-4-9(12)7(6)11/h5-6,12H,1-4H2,(H,8,10)/t6-/m0/s1. The molecule has 0 aromatic carbocycles. The average molecular weight is 172 g/mol. The maximum absolute atomic E-state index is 11.2. The van der Waals surface area contributed by atoms with Crippen molar-refractivity contribution in [2.45, 2.75) is 25.3 Å². The van der Waals surface area contributed by atoms with Crippen LogP contribution in [0.5, 0.6) is 0 Å². The topological polar surface area (TPSA) is 69.6 Å². The van der Waals surface area contributed by atoms with Crippen LogP contribution in [0.15, 0.2) is 0 Å². The molecular formula is C7H12N2O3. The van der Waals surface area contributed by atoms with Crippen molar-refractivity contribution in [2.75, 3.05) is 6.54 Å². The second-order valence-corrected chi connectivity index (χ2v) is 2.79. The van der Waals surface area contributed by atoms with Crippen LogP contribution in [-0.4, -0.2) is 35.2 Å². The second kappa shape index (κ2) is 4.06. The fourth-order valence-electron chi connectivity index (χ4n) is 1.26. The van der Waals surface area contributed by atoms with Crippen molar-refractivity contribution in [2.24, 2.45) is 0 Å². The SMILES string of the molecule is O=CN[C@H]1CCCCN(O)C1=O. The third-order valence-electron chi connectivity index (χ3n) is 1.93. The highest BCUT2D eigenvalue weighted by atomic mass is 16.5. The molecule has 0 spiro atoms. The summed E-state index contributed by atoms with van der Waals surface area (Å²) < 4.78 is 0. The number of carbonyl (C=O) groups excluding carboxylic acids is 2. The largest absolute Gasteiger partial charge is 0.347 e. The second-order valence-electron chi connectivity index (χ2n) is 2.79. The van der Waals surface area contributed by atoms with Gasteiger partial charge in [-0.3, -0.25) is 14.8 Å². The Hall–Kier alpha value is -1.10. The molecule has 1 fully saturated rings. The monoisotopic (exact) mass is 172 g/mol. The molecule has 1 heterocycles. The summed E-state index contributed by atoms with van der Waals surface area (Å²) >= 11 is 0. The van der Waals surface area contributed by atoms with E-state index in [0.29, 0.717) is 24.4 Å². The fraction of sp³-hybridized carbons (Fsp3) is 0.714. The van der Waals surface area contributed by atoms with Crippen LogP contribution in [0.2, 0.25) is 0 Å². The quantitative estimate of drug-likeness (QED) is 0.436. The van der Waals surface area contributed by atoms with Gasteiger partial charge in [0.1, 0.15) is 6.04 Å². The zero-order valence-corrected chi connectivity index (χ0v) is 6.69. The van der Waals surface area contributed by atoms with Gasteiger partial charge in [0.05, 0.1) is 0 Å². The molecular weight excluding hydrogens is 160 g/mol. The Labute approximate surface area is 70.3 Å². The lowest BCUT2D eigenvalue weighted by Gasteiger charge is -2.16. The molecule has 0 aromatic rings. The van der Waals surface area contributed by atoms with Gasteiger partial charge in [-0.05, 0) is 19.3 Å². The predicted molar refractivity (Wildman–Crippen MR) is 40.3 cm³/mol. The first-order valence-electron chi connectivity index (χ1n) is 3.95. The number of carbonyl (C=O) groups is 2. The summed E-state index contributed by atoms with van der Waals surface area (Å²) in [6, 6.07) is -0.546. The van der Waals surface area contributed by atoms with E-state index in [4.69, 9.17) is 5.21 Å². The van der Waals surface area contributed by atoms with E-state index in [9.17, 15) is 9.59 Å². The van der Waals surface area contributed by atoms with Gasteiger partial charge in [0, 0.05) is 6.54 Å². The lowest BCUT2D eigenvalue weighted by Crippen LogP contribution is -2.43. The molecule has 5 heteroatoms. The summed E-state index contributed by atoms with van der Waals surface area (Å²) in [5.41, 5.74) is 0. The van der Waals surface area contributed by atoms with E-state index in [1.54, 1.807) is 0 Å². The molecule has 1 rings (SSSR count). The van der Waals surface area contributed by atoms with Gasteiger partial charge in [-0.25, -0.2) is 5.06 Å². The number of amides is 2. The van der Waals surface area contributed by atoms with Crippen molar-refractivity contribution < 1.29 is 14.8 Å². The summed E-state index contributed by atoms with van der Waals surface area (Å²) in [5, 5.41) is 12.1. The lowest BCUT2D eigenvalue weighted by atomic mass is 10.1. The van der Waals surface area contributed by atoms with E-state index in [1.807, 2.05) is 0 Å². The Balaban J connectivity index is 2.57. The van der Waals surface area contributed by atoms with Gasteiger partial charge in [-0.1, -0.05) is 0 Å². The van der Waals surface area contributed by atoms with Crippen LogP contribution in [0, 0.1) is 0 Å². The zero-order valence-electron chi connectivity index (χ0n) is 6.69. The van der Waals surface area contributed by atoms with Gasteiger partial charge in [0.15, 0.2) is 0 Å². The van der Waals surface area contributed by atoms with Crippen molar-refractivity contribution in [3.63, 3.8) is 0 Å². The summed E-state index contributed by atoms with van der Waals surface area (Å²) in [7, 11) is 0. The number of hydrogen-bond acceptors (Lipinski definition) is 3. The molecule has 68 valence electrons. The summed E-state index contributed by atoms with van der Waals surface area (Å²) in [6.45, 7) is 0.357. The van der Waals surface area contributed by atoms with E-state index in [-0.39, 0.29) is 0 Å². The minimum absolute atomic E-state index is 0.357. The van der Waals surface area contributed by atoms with Gasteiger partial charge in [-0.2, -0.15) is 0 Å². The maximum atomic E-state index is 11.2. The van der Waals surface area contributed by atoms with Crippen molar-refractivity contribution >= 4 is 12.3 Å². The maximum Gasteiger partial charge on any atom is 0.268 e. The van der Waals surface area contributed by atoms with Gasteiger partial charge >= 0.3 is 0 Å². The first-order chi connectivity index (χ1) is 5.75. The van der Waals surface area contributed by atoms with Crippen molar-refractivity contribution in [3.05, 3.63) is 0 Å². The average Bonchev–Trinajstić information content (AvgIpc) is 2.20. The van der Waals surface area contributed by atoms with Crippen LogP contribution >= 0.6 is 0 Å². The number of nitrogens with one attached hydrogen (secondary N) is 1. The lowest BCUT2D eigenvalue weighted by molar-refractivity contribution is -0.166. The summed E-state index contributed by atoms with van der Waals surface area (Å²) in [6.07, 6.45) is 2.71. The Bertz CT molecular complexity index is 183. The molecule has 0 saturated carbocycles. The van der Waals surface area contributed by atoms with E-state index in [1.165, 1.54) is 0 Å². The van der Waals surface area contributed by atoms with E-state index in [0.717, 1.165) is 12.8 Å². The van der Waals surface area contributed by atoms with Crippen LogP contribution in [0.1, 0.15) is 19.3 Å². The van der Waals surface area contributed by atoms with Gasteiger partial charge in [0.2, 0.25) is 6.41 Å². The highest BCUT2D eigenvalue weighted by Gasteiger charge is 2.24. The van der Waals surface area contributed by atoms with Crippen molar-refractivity contribution in [1.82, 2.24) is 10.4 Å². The van der Waals surface area contributed by atoms with Crippen LogP contribution < -0.4 is 5.32 Å². The number of hydrogen-bond donors (Lipinski definition) is 2. The van der Waals surface area contributed by atoms with Gasteiger partial charge in [-0.15, -0.1) is 0 Å². The molecule has 5 nitrogen and oxygen atoms in total. The van der Waals surface area contributed by atoms with Crippen LogP contribution in [0.3, 0.4) is 0 Å². The van der Waals surface area contributed by atoms with Crippen molar-refractivity contribution in [3.8, 4) is 0 Å². The fourth-order valence-corrected chi connectivity index (χ4v) is 1.26. The Morgan fingerprint density at radius 2 is 2.33 bits per heavy atom. The van der Waals surface area contributed by atoms with Gasteiger partial charge < -0.3 is 5.32 Å². The third-order valence-corrected chi connectivity index (χ3v) is 1.93. The Morgan fingerprint density at radius 1 is 1.58 bits per heavy atom. The molecule has 0 radical (unpaired) electrons. The highest BCUT2D eigenvalue weighted by Crippen LogP contribution is 2.09.